The molecule has 0 spiro atoms. The molecule has 0 saturated carbocycles. The van der Waals surface area contributed by atoms with Crippen LogP contribution in [0.4, 0.5) is 0 Å². The predicted octanol–water partition coefficient (Wildman–Crippen LogP) is 2.86. The van der Waals surface area contributed by atoms with Crippen LogP contribution >= 0.6 is 0 Å². The Morgan fingerprint density at radius 1 is 1.44 bits per heavy atom. The van der Waals surface area contributed by atoms with Crippen LogP contribution in [0.1, 0.15) is 36.8 Å². The van der Waals surface area contributed by atoms with Gasteiger partial charge in [-0.25, -0.2) is 0 Å². The molecule has 0 aliphatic carbocycles. The van der Waals surface area contributed by atoms with Crippen molar-refractivity contribution in [2.45, 2.75) is 38.6 Å². The van der Waals surface area contributed by atoms with Crippen LogP contribution in [-0.2, 0) is 0 Å². The number of methoxy groups -OCH3 is 1. The van der Waals surface area contributed by atoms with E-state index >= 15 is 0 Å². The second kappa shape index (κ2) is 4.88. The minimum absolute atomic E-state index is 0.646. The molecule has 1 aromatic rings. The zero-order valence-electron chi connectivity index (χ0n) is 10.4. The van der Waals surface area contributed by atoms with Gasteiger partial charge in [-0.3, -0.25) is 0 Å². The quantitative estimate of drug-likeness (QED) is 0.844. The van der Waals surface area contributed by atoms with Crippen LogP contribution in [0.3, 0.4) is 0 Å². The Bertz CT molecular complexity index is 362. The molecule has 16 heavy (non-hydrogen) atoms. The summed E-state index contributed by atoms with van der Waals surface area (Å²) in [6.07, 6.45) is 2.46. The van der Waals surface area contributed by atoms with Gasteiger partial charge in [0.15, 0.2) is 0 Å². The van der Waals surface area contributed by atoms with Gasteiger partial charge in [0.2, 0.25) is 0 Å². The number of nitrogens with one attached hydrogen (secondary N) is 1. The highest BCUT2D eigenvalue weighted by molar-refractivity contribution is 5.38. The topological polar surface area (TPSA) is 21.3 Å². The summed E-state index contributed by atoms with van der Waals surface area (Å²) >= 11 is 0. The molecule has 1 aliphatic heterocycles. The van der Waals surface area contributed by atoms with Crippen molar-refractivity contribution in [1.82, 2.24) is 5.32 Å². The van der Waals surface area contributed by atoms with E-state index in [0.29, 0.717) is 12.0 Å². The van der Waals surface area contributed by atoms with E-state index in [1.54, 1.807) is 7.11 Å². The van der Waals surface area contributed by atoms with Gasteiger partial charge in [-0.15, -0.1) is 0 Å². The van der Waals surface area contributed by atoms with Crippen molar-refractivity contribution in [2.75, 3.05) is 13.7 Å². The molecular weight excluding hydrogens is 198 g/mol. The van der Waals surface area contributed by atoms with Gasteiger partial charge in [0.25, 0.3) is 0 Å². The summed E-state index contributed by atoms with van der Waals surface area (Å²) in [5.74, 6) is 1.66. The maximum absolute atomic E-state index is 5.30. The molecule has 2 heteroatoms. The van der Waals surface area contributed by atoms with Gasteiger partial charge in [0.1, 0.15) is 5.75 Å². The maximum atomic E-state index is 5.30. The second-order valence-electron chi connectivity index (χ2n) is 4.59. The molecule has 2 nitrogen and oxygen atoms in total. The van der Waals surface area contributed by atoms with Crippen molar-refractivity contribution in [3.8, 4) is 5.75 Å². The molecule has 1 heterocycles. The van der Waals surface area contributed by atoms with E-state index < -0.39 is 0 Å². The van der Waals surface area contributed by atoms with Crippen LogP contribution in [-0.4, -0.2) is 19.7 Å². The van der Waals surface area contributed by atoms with Gasteiger partial charge in [0.05, 0.1) is 7.11 Å². The molecule has 0 bridgehead atoms. The normalized spacial score (nSPS) is 24.7. The number of hydrogen-bond donors (Lipinski definition) is 1. The average molecular weight is 219 g/mol. The first-order valence-electron chi connectivity index (χ1n) is 6.14. The predicted molar refractivity (Wildman–Crippen MR) is 67.2 cm³/mol. The van der Waals surface area contributed by atoms with Gasteiger partial charge in [-0.05, 0) is 43.5 Å². The fourth-order valence-electron chi connectivity index (χ4n) is 2.73. The second-order valence-corrected chi connectivity index (χ2v) is 4.59. The smallest absolute Gasteiger partial charge is 0.121 e. The molecular formula is C14H21NO. The van der Waals surface area contributed by atoms with Crippen molar-refractivity contribution in [3.05, 3.63) is 29.3 Å². The van der Waals surface area contributed by atoms with Crippen LogP contribution < -0.4 is 10.1 Å². The molecule has 1 N–H and O–H groups in total. The van der Waals surface area contributed by atoms with E-state index in [9.17, 15) is 0 Å². The van der Waals surface area contributed by atoms with E-state index in [2.05, 4.69) is 37.4 Å². The molecule has 0 amide bonds. The van der Waals surface area contributed by atoms with Crippen LogP contribution in [0.2, 0.25) is 0 Å². The molecule has 0 radical (unpaired) electrons. The Labute approximate surface area is 98.0 Å². The molecule has 2 unspecified atom stereocenters. The highest BCUT2D eigenvalue weighted by Gasteiger charge is 2.26. The lowest BCUT2D eigenvalue weighted by Crippen LogP contribution is -2.24. The summed E-state index contributed by atoms with van der Waals surface area (Å²) in [5.41, 5.74) is 2.69. The highest BCUT2D eigenvalue weighted by Crippen LogP contribution is 2.31. The van der Waals surface area contributed by atoms with Crippen molar-refractivity contribution < 1.29 is 4.74 Å². The lowest BCUT2D eigenvalue weighted by atomic mass is 9.89. The molecule has 88 valence electrons. The first-order valence-corrected chi connectivity index (χ1v) is 6.14. The maximum Gasteiger partial charge on any atom is 0.121 e. The van der Waals surface area contributed by atoms with Crippen LogP contribution in [0.5, 0.6) is 5.75 Å². The molecule has 1 fully saturated rings. The van der Waals surface area contributed by atoms with E-state index in [1.807, 2.05) is 0 Å². The lowest BCUT2D eigenvalue weighted by Gasteiger charge is -2.19. The highest BCUT2D eigenvalue weighted by atomic mass is 16.5. The number of aryl methyl sites for hydroxylation is 1. The summed E-state index contributed by atoms with van der Waals surface area (Å²) < 4.78 is 5.30. The monoisotopic (exact) mass is 219 g/mol. The number of ether oxygens (including phenoxy) is 1. The molecule has 2 rings (SSSR count). The van der Waals surface area contributed by atoms with Crippen LogP contribution in [0.25, 0.3) is 0 Å². The van der Waals surface area contributed by atoms with E-state index in [1.165, 1.54) is 24.0 Å². The van der Waals surface area contributed by atoms with Gasteiger partial charge < -0.3 is 10.1 Å². The lowest BCUT2D eigenvalue weighted by molar-refractivity contribution is 0.411. The van der Waals surface area contributed by atoms with E-state index in [-0.39, 0.29) is 0 Å². The van der Waals surface area contributed by atoms with Crippen molar-refractivity contribution in [3.63, 3.8) is 0 Å². The van der Waals surface area contributed by atoms with Crippen molar-refractivity contribution in [2.24, 2.45) is 0 Å². The SMILES string of the molecule is CCC1NCCC1c1ccc(OC)c(C)c1. The Hall–Kier alpha value is -1.02. The third-order valence-corrected chi connectivity index (χ3v) is 3.63. The Morgan fingerprint density at radius 2 is 2.25 bits per heavy atom. The number of benzene rings is 1. The zero-order chi connectivity index (χ0) is 11.5. The van der Waals surface area contributed by atoms with Crippen molar-refractivity contribution in [1.29, 1.82) is 0 Å². The Balaban J connectivity index is 2.23. The summed E-state index contributed by atoms with van der Waals surface area (Å²) in [5, 5.41) is 3.57. The fraction of sp³-hybridized carbons (Fsp3) is 0.571. The van der Waals surface area contributed by atoms with Gasteiger partial charge in [0, 0.05) is 12.0 Å². The zero-order valence-corrected chi connectivity index (χ0v) is 10.4. The van der Waals surface area contributed by atoms with E-state index in [0.717, 1.165) is 12.3 Å². The van der Waals surface area contributed by atoms with Crippen molar-refractivity contribution >= 4 is 0 Å². The average Bonchev–Trinajstić information content (AvgIpc) is 2.77. The molecule has 0 aromatic heterocycles. The van der Waals surface area contributed by atoms with Crippen LogP contribution in [0.15, 0.2) is 18.2 Å². The Morgan fingerprint density at radius 3 is 2.88 bits per heavy atom. The number of rotatable bonds is 3. The molecule has 1 saturated heterocycles. The largest absolute Gasteiger partial charge is 0.496 e. The van der Waals surface area contributed by atoms with Crippen LogP contribution in [0, 0.1) is 6.92 Å². The first-order chi connectivity index (χ1) is 7.76. The first kappa shape index (κ1) is 11.5. The van der Waals surface area contributed by atoms with Gasteiger partial charge in [-0.2, -0.15) is 0 Å². The van der Waals surface area contributed by atoms with Gasteiger partial charge in [-0.1, -0.05) is 19.1 Å². The fourth-order valence-corrected chi connectivity index (χ4v) is 2.73. The van der Waals surface area contributed by atoms with E-state index in [4.69, 9.17) is 4.74 Å². The minimum Gasteiger partial charge on any atom is -0.496 e. The summed E-state index contributed by atoms with van der Waals surface area (Å²) in [7, 11) is 1.73. The summed E-state index contributed by atoms with van der Waals surface area (Å²) in [6.45, 7) is 5.52. The standard InChI is InChI=1S/C14H21NO/c1-4-13-12(7-8-15-13)11-5-6-14(16-3)10(2)9-11/h5-6,9,12-13,15H,4,7-8H2,1-3H3. The van der Waals surface area contributed by atoms with Gasteiger partial charge >= 0.3 is 0 Å². The summed E-state index contributed by atoms with van der Waals surface area (Å²) in [6, 6.07) is 7.23. The third-order valence-electron chi connectivity index (χ3n) is 3.63. The molecule has 2 atom stereocenters. The number of hydrogen-bond acceptors (Lipinski definition) is 2. The third kappa shape index (κ3) is 2.07. The molecule has 1 aliphatic rings. The summed E-state index contributed by atoms with van der Waals surface area (Å²) in [4.78, 5) is 0. The molecule has 1 aromatic carbocycles. The minimum atomic E-state index is 0.646. The Kier molecular flexibility index (Phi) is 3.49.